The molecule has 2 fully saturated rings. The van der Waals surface area contributed by atoms with Crippen LogP contribution in [-0.4, -0.2) is 68.7 Å². The first-order valence-corrected chi connectivity index (χ1v) is 10.1. The number of benzene rings is 1. The summed E-state index contributed by atoms with van der Waals surface area (Å²) in [4.78, 5) is 40.1. The van der Waals surface area contributed by atoms with E-state index in [4.69, 9.17) is 0 Å². The monoisotopic (exact) mass is 405 g/mol. The van der Waals surface area contributed by atoms with Gasteiger partial charge < -0.3 is 4.90 Å². The molecule has 2 saturated heterocycles. The fraction of sp³-hybridized carbons (Fsp3) is 0.381. The van der Waals surface area contributed by atoms with Crippen molar-refractivity contribution < 1.29 is 9.59 Å². The Bertz CT molecular complexity index is 1120. The summed E-state index contributed by atoms with van der Waals surface area (Å²) < 4.78 is 1.74. The van der Waals surface area contributed by atoms with Crippen molar-refractivity contribution in [3.05, 3.63) is 42.4 Å². The van der Waals surface area contributed by atoms with E-state index in [0.717, 1.165) is 35.5 Å². The van der Waals surface area contributed by atoms with E-state index in [2.05, 4.69) is 24.9 Å². The highest BCUT2D eigenvalue weighted by atomic mass is 16.2. The molecule has 4 heterocycles. The zero-order valence-corrected chi connectivity index (χ0v) is 17.0. The Morgan fingerprint density at radius 3 is 2.47 bits per heavy atom. The number of aromatic nitrogens is 4. The molecule has 9 nitrogen and oxygen atoms in total. The van der Waals surface area contributed by atoms with Crippen molar-refractivity contribution in [2.75, 3.05) is 36.0 Å². The van der Waals surface area contributed by atoms with Crippen molar-refractivity contribution in [1.29, 1.82) is 0 Å². The topological polar surface area (TPSA) is 87.5 Å². The molecule has 154 valence electrons. The number of imide groups is 1. The summed E-state index contributed by atoms with van der Waals surface area (Å²) in [6, 6.07) is 7.11. The maximum absolute atomic E-state index is 13.0. The highest BCUT2D eigenvalue weighted by Gasteiger charge is 2.43. The van der Waals surface area contributed by atoms with Crippen LogP contribution in [0.3, 0.4) is 0 Å². The molecule has 2 aromatic heterocycles. The van der Waals surface area contributed by atoms with Gasteiger partial charge in [0.1, 0.15) is 12.1 Å². The number of nitrogens with zero attached hydrogens (tertiary/aromatic N) is 7. The third-order valence-electron chi connectivity index (χ3n) is 5.98. The van der Waals surface area contributed by atoms with Crippen molar-refractivity contribution in [3.63, 3.8) is 0 Å². The second-order valence-corrected chi connectivity index (χ2v) is 7.85. The average Bonchev–Trinajstić information content (AvgIpc) is 3.28. The third-order valence-corrected chi connectivity index (χ3v) is 5.98. The zero-order chi connectivity index (χ0) is 20.8. The SMILES string of the molecule is Cc1ccc(N2C(=O)CC(N3CCN(c4ncnc5c4cnn5C)CC3)C2=O)cc1. The first-order valence-electron chi connectivity index (χ1n) is 10.1. The summed E-state index contributed by atoms with van der Waals surface area (Å²) in [5, 5.41) is 5.20. The van der Waals surface area contributed by atoms with Gasteiger partial charge in [0.25, 0.3) is 5.91 Å². The van der Waals surface area contributed by atoms with Crippen molar-refractivity contribution in [2.24, 2.45) is 7.05 Å². The number of carbonyl (C=O) groups excluding carboxylic acids is 2. The molecular formula is C21H23N7O2. The number of amides is 2. The lowest BCUT2D eigenvalue weighted by atomic mass is 10.1. The summed E-state index contributed by atoms with van der Waals surface area (Å²) >= 11 is 0. The van der Waals surface area contributed by atoms with Crippen LogP contribution >= 0.6 is 0 Å². The standard InChI is InChI=1S/C21H23N7O2/c1-14-3-5-15(6-4-14)28-18(29)11-17(21(28)30)26-7-9-27(10-8-26)20-16-12-24-25(2)19(16)22-13-23-20/h3-6,12-13,17H,7-11H2,1-2H3. The predicted octanol–water partition coefficient (Wildman–Crippen LogP) is 1.13. The molecule has 30 heavy (non-hydrogen) atoms. The van der Waals surface area contributed by atoms with Gasteiger partial charge >= 0.3 is 0 Å². The van der Waals surface area contributed by atoms with Crippen LogP contribution in [0.5, 0.6) is 0 Å². The first kappa shape index (κ1) is 18.7. The Kier molecular flexibility index (Phi) is 4.47. The van der Waals surface area contributed by atoms with Crippen molar-refractivity contribution in [2.45, 2.75) is 19.4 Å². The Labute approximate surface area is 173 Å². The van der Waals surface area contributed by atoms with Crippen molar-refractivity contribution in [1.82, 2.24) is 24.6 Å². The molecule has 0 radical (unpaired) electrons. The van der Waals surface area contributed by atoms with Crippen LogP contribution in [0.4, 0.5) is 11.5 Å². The van der Waals surface area contributed by atoms with E-state index in [0.29, 0.717) is 18.8 Å². The van der Waals surface area contributed by atoms with E-state index in [1.165, 1.54) is 4.90 Å². The van der Waals surface area contributed by atoms with E-state index in [1.54, 1.807) is 17.2 Å². The summed E-state index contributed by atoms with van der Waals surface area (Å²) in [5.74, 6) is 0.598. The lowest BCUT2D eigenvalue weighted by molar-refractivity contribution is -0.123. The van der Waals surface area contributed by atoms with E-state index < -0.39 is 6.04 Å². The third kappa shape index (κ3) is 3.02. The molecule has 0 bridgehead atoms. The van der Waals surface area contributed by atoms with Crippen LogP contribution in [-0.2, 0) is 16.6 Å². The van der Waals surface area contributed by atoms with Crippen LogP contribution in [0.15, 0.2) is 36.8 Å². The number of carbonyl (C=O) groups is 2. The Morgan fingerprint density at radius 2 is 1.73 bits per heavy atom. The molecule has 1 aromatic carbocycles. The highest BCUT2D eigenvalue weighted by Crippen LogP contribution is 2.28. The molecule has 0 aliphatic carbocycles. The Balaban J connectivity index is 1.30. The van der Waals surface area contributed by atoms with Gasteiger partial charge in [0.2, 0.25) is 5.91 Å². The summed E-state index contributed by atoms with van der Waals surface area (Å²) in [7, 11) is 1.86. The largest absolute Gasteiger partial charge is 0.353 e. The number of rotatable bonds is 3. The molecule has 9 heteroatoms. The predicted molar refractivity (Wildman–Crippen MR) is 112 cm³/mol. The molecule has 3 aromatic rings. The van der Waals surface area contributed by atoms with Gasteiger partial charge in [0.15, 0.2) is 5.65 Å². The van der Waals surface area contributed by atoms with Gasteiger partial charge in [-0.15, -0.1) is 0 Å². The maximum atomic E-state index is 13.0. The van der Waals surface area contributed by atoms with Crippen LogP contribution in [0.1, 0.15) is 12.0 Å². The second kappa shape index (κ2) is 7.17. The molecule has 2 aliphatic rings. The van der Waals surface area contributed by atoms with E-state index in [-0.39, 0.29) is 18.2 Å². The molecule has 0 saturated carbocycles. The number of hydrogen-bond donors (Lipinski definition) is 0. The minimum Gasteiger partial charge on any atom is -0.353 e. The van der Waals surface area contributed by atoms with Gasteiger partial charge in [-0.25, -0.2) is 14.9 Å². The molecular weight excluding hydrogens is 382 g/mol. The van der Waals surface area contributed by atoms with Gasteiger partial charge in [0.05, 0.1) is 29.7 Å². The lowest BCUT2D eigenvalue weighted by Gasteiger charge is -2.37. The molecule has 0 spiro atoms. The molecule has 1 atom stereocenters. The quantitative estimate of drug-likeness (QED) is 0.604. The van der Waals surface area contributed by atoms with E-state index >= 15 is 0 Å². The van der Waals surface area contributed by atoms with Crippen LogP contribution < -0.4 is 9.80 Å². The minimum absolute atomic E-state index is 0.131. The minimum atomic E-state index is -0.398. The summed E-state index contributed by atoms with van der Waals surface area (Å²) in [6.07, 6.45) is 3.58. The number of anilines is 2. The fourth-order valence-electron chi connectivity index (χ4n) is 4.31. The molecule has 2 aliphatic heterocycles. The number of aryl methyl sites for hydroxylation is 2. The molecule has 5 rings (SSSR count). The Hall–Kier alpha value is -3.33. The van der Waals surface area contributed by atoms with Gasteiger partial charge in [-0.2, -0.15) is 5.10 Å². The highest BCUT2D eigenvalue weighted by molar-refractivity contribution is 6.22. The lowest BCUT2D eigenvalue weighted by Crippen LogP contribution is -2.52. The van der Waals surface area contributed by atoms with Crippen molar-refractivity contribution in [3.8, 4) is 0 Å². The molecule has 0 N–H and O–H groups in total. The van der Waals surface area contributed by atoms with Gasteiger partial charge in [-0.05, 0) is 19.1 Å². The summed E-state index contributed by atoms with van der Waals surface area (Å²) in [6.45, 7) is 4.82. The fourth-order valence-corrected chi connectivity index (χ4v) is 4.31. The van der Waals surface area contributed by atoms with Crippen LogP contribution in [0, 0.1) is 6.92 Å². The number of piperazine rings is 1. The number of hydrogen-bond acceptors (Lipinski definition) is 7. The first-order chi connectivity index (χ1) is 14.5. The second-order valence-electron chi connectivity index (χ2n) is 7.85. The van der Waals surface area contributed by atoms with Gasteiger partial charge in [-0.3, -0.25) is 19.2 Å². The smallest absolute Gasteiger partial charge is 0.251 e. The molecule has 1 unspecified atom stereocenters. The summed E-state index contributed by atoms with van der Waals surface area (Å²) in [5.41, 5.74) is 2.54. The van der Waals surface area contributed by atoms with Crippen LogP contribution in [0.25, 0.3) is 11.0 Å². The molecule has 2 amide bonds. The Morgan fingerprint density at radius 1 is 1.00 bits per heavy atom. The van der Waals surface area contributed by atoms with Crippen molar-refractivity contribution >= 4 is 34.4 Å². The van der Waals surface area contributed by atoms with Crippen LogP contribution in [0.2, 0.25) is 0 Å². The normalized spacial score (nSPS) is 20.5. The van der Waals surface area contributed by atoms with Gasteiger partial charge in [0, 0.05) is 33.2 Å². The number of fused-ring (bicyclic) bond motifs is 1. The van der Waals surface area contributed by atoms with E-state index in [9.17, 15) is 9.59 Å². The maximum Gasteiger partial charge on any atom is 0.251 e. The van der Waals surface area contributed by atoms with E-state index in [1.807, 2.05) is 38.2 Å². The average molecular weight is 405 g/mol. The van der Waals surface area contributed by atoms with Gasteiger partial charge in [-0.1, -0.05) is 17.7 Å². The zero-order valence-electron chi connectivity index (χ0n) is 17.0.